The minimum atomic E-state index is 0. The Balaban J connectivity index is 0.00000320. The van der Waals surface area contributed by atoms with Crippen LogP contribution < -0.4 is 5.32 Å². The van der Waals surface area contributed by atoms with E-state index in [9.17, 15) is 4.79 Å². The van der Waals surface area contributed by atoms with Crippen LogP contribution in [-0.4, -0.2) is 99.2 Å². The summed E-state index contributed by atoms with van der Waals surface area (Å²) in [6, 6.07) is 0. The van der Waals surface area contributed by atoms with Gasteiger partial charge in [0.2, 0.25) is 5.91 Å². The maximum atomic E-state index is 12.7. The molecule has 0 aromatic rings. The molecule has 3 rings (SSSR count). The minimum Gasteiger partial charge on any atom is -0.378 e. The monoisotopic (exact) mass is 535 g/mol. The van der Waals surface area contributed by atoms with Gasteiger partial charge in [-0.05, 0) is 44.1 Å². The zero-order valence-electron chi connectivity index (χ0n) is 19.1. The van der Waals surface area contributed by atoms with Crippen molar-refractivity contribution < 1.29 is 9.53 Å². The summed E-state index contributed by atoms with van der Waals surface area (Å²) < 4.78 is 5.37. The van der Waals surface area contributed by atoms with Crippen LogP contribution in [0.3, 0.4) is 0 Å². The smallest absolute Gasteiger partial charge is 0.225 e. The summed E-state index contributed by atoms with van der Waals surface area (Å²) in [5.74, 6) is 2.91. The van der Waals surface area contributed by atoms with Crippen LogP contribution in [0.5, 0.6) is 0 Å². The van der Waals surface area contributed by atoms with Crippen molar-refractivity contribution in [3.63, 3.8) is 0 Å². The third kappa shape index (κ3) is 7.51. The molecule has 3 heterocycles. The lowest BCUT2D eigenvalue weighted by Crippen LogP contribution is -2.51. The van der Waals surface area contributed by atoms with Crippen molar-refractivity contribution in [2.45, 2.75) is 39.5 Å². The molecular formula is C22H42IN5O2. The fraction of sp³-hybridized carbons (Fsp3) is 0.909. The lowest BCUT2D eigenvalue weighted by molar-refractivity contribution is -0.140. The highest BCUT2D eigenvalue weighted by Gasteiger charge is 2.30. The largest absolute Gasteiger partial charge is 0.378 e. The maximum absolute atomic E-state index is 12.7. The molecule has 3 saturated heterocycles. The predicted molar refractivity (Wildman–Crippen MR) is 132 cm³/mol. The fourth-order valence-electron chi connectivity index (χ4n) is 4.95. The van der Waals surface area contributed by atoms with Crippen LogP contribution in [0, 0.1) is 17.8 Å². The maximum Gasteiger partial charge on any atom is 0.225 e. The number of carbonyl (C=O) groups excluding carboxylic acids is 1. The van der Waals surface area contributed by atoms with Gasteiger partial charge in [-0.15, -0.1) is 24.0 Å². The molecule has 1 N–H and O–H groups in total. The molecule has 0 radical (unpaired) electrons. The molecule has 174 valence electrons. The minimum absolute atomic E-state index is 0. The molecule has 3 fully saturated rings. The van der Waals surface area contributed by atoms with Crippen LogP contribution >= 0.6 is 24.0 Å². The van der Waals surface area contributed by atoms with Gasteiger partial charge in [0.05, 0.1) is 13.2 Å². The van der Waals surface area contributed by atoms with Crippen LogP contribution in [-0.2, 0) is 9.53 Å². The number of halogens is 1. The summed E-state index contributed by atoms with van der Waals surface area (Å²) in [4.78, 5) is 24.2. The van der Waals surface area contributed by atoms with Gasteiger partial charge in [-0.1, -0.05) is 13.8 Å². The molecule has 1 amide bonds. The van der Waals surface area contributed by atoms with Gasteiger partial charge in [-0.25, -0.2) is 0 Å². The first kappa shape index (κ1) is 25.6. The Hall–Kier alpha value is -0.610. The molecule has 3 aliphatic heterocycles. The molecule has 8 heteroatoms. The lowest BCUT2D eigenvalue weighted by Gasteiger charge is -2.38. The number of nitrogens with one attached hydrogen (secondary N) is 1. The second kappa shape index (κ2) is 13.1. The summed E-state index contributed by atoms with van der Waals surface area (Å²) in [5.41, 5.74) is 0. The van der Waals surface area contributed by atoms with Crippen molar-refractivity contribution in [2.24, 2.45) is 22.7 Å². The molecule has 0 saturated carbocycles. The summed E-state index contributed by atoms with van der Waals surface area (Å²) >= 11 is 0. The third-order valence-electron chi connectivity index (χ3n) is 6.45. The molecule has 1 atom stereocenters. The quantitative estimate of drug-likeness (QED) is 0.332. The highest BCUT2D eigenvalue weighted by molar-refractivity contribution is 14.0. The molecule has 3 aliphatic rings. The Morgan fingerprint density at radius 1 is 1.07 bits per heavy atom. The lowest BCUT2D eigenvalue weighted by atomic mass is 9.95. The number of hydrogen-bond donors (Lipinski definition) is 1. The fourth-order valence-corrected chi connectivity index (χ4v) is 4.95. The second-order valence-corrected chi connectivity index (χ2v) is 9.29. The number of morpholine rings is 1. The Kier molecular flexibility index (Phi) is 11.2. The van der Waals surface area contributed by atoms with Crippen LogP contribution in [0.25, 0.3) is 0 Å². The van der Waals surface area contributed by atoms with Gasteiger partial charge < -0.3 is 24.8 Å². The van der Waals surface area contributed by atoms with Gasteiger partial charge in [0.25, 0.3) is 0 Å². The van der Waals surface area contributed by atoms with E-state index in [0.717, 1.165) is 57.4 Å². The second-order valence-electron chi connectivity index (χ2n) is 9.29. The van der Waals surface area contributed by atoms with Crippen LogP contribution in [0.1, 0.15) is 39.5 Å². The Morgan fingerprint density at radius 3 is 2.40 bits per heavy atom. The SMILES string of the molecule is CN=C(NCC1CCCN(CC(C)C)C1)N1CCC(C(=O)N2CCOCC2)CC1.I. The number of hydrogen-bond acceptors (Lipinski definition) is 4. The molecule has 0 aliphatic carbocycles. The Labute approximate surface area is 200 Å². The third-order valence-corrected chi connectivity index (χ3v) is 6.45. The molecule has 1 unspecified atom stereocenters. The Morgan fingerprint density at radius 2 is 1.77 bits per heavy atom. The number of nitrogens with zero attached hydrogens (tertiary/aromatic N) is 4. The molecule has 7 nitrogen and oxygen atoms in total. The van der Waals surface area contributed by atoms with E-state index in [4.69, 9.17) is 4.74 Å². The van der Waals surface area contributed by atoms with Crippen LogP contribution in [0.15, 0.2) is 4.99 Å². The summed E-state index contributed by atoms with van der Waals surface area (Å²) in [6.45, 7) is 13.9. The number of piperidine rings is 2. The first-order valence-electron chi connectivity index (χ1n) is 11.6. The van der Waals surface area contributed by atoms with Crippen LogP contribution in [0.2, 0.25) is 0 Å². The first-order chi connectivity index (χ1) is 14.1. The van der Waals surface area contributed by atoms with E-state index >= 15 is 0 Å². The highest BCUT2D eigenvalue weighted by Crippen LogP contribution is 2.21. The highest BCUT2D eigenvalue weighted by atomic mass is 127. The van der Waals surface area contributed by atoms with Crippen molar-refractivity contribution >= 4 is 35.8 Å². The van der Waals surface area contributed by atoms with Gasteiger partial charge in [-0.3, -0.25) is 9.79 Å². The van der Waals surface area contributed by atoms with Gasteiger partial charge in [-0.2, -0.15) is 0 Å². The summed E-state index contributed by atoms with van der Waals surface area (Å²) in [7, 11) is 1.87. The van der Waals surface area contributed by atoms with Crippen molar-refractivity contribution in [3.8, 4) is 0 Å². The zero-order chi connectivity index (χ0) is 20.6. The van der Waals surface area contributed by atoms with E-state index in [-0.39, 0.29) is 29.9 Å². The first-order valence-corrected chi connectivity index (χ1v) is 11.6. The zero-order valence-corrected chi connectivity index (χ0v) is 21.5. The average molecular weight is 536 g/mol. The number of guanidine groups is 1. The van der Waals surface area contributed by atoms with Gasteiger partial charge >= 0.3 is 0 Å². The van der Waals surface area contributed by atoms with Gasteiger partial charge in [0.1, 0.15) is 0 Å². The summed E-state index contributed by atoms with van der Waals surface area (Å²) in [6.07, 6.45) is 4.44. The van der Waals surface area contributed by atoms with E-state index in [1.54, 1.807) is 0 Å². The van der Waals surface area contributed by atoms with Crippen molar-refractivity contribution in [1.29, 1.82) is 0 Å². The van der Waals surface area contributed by atoms with Crippen molar-refractivity contribution in [3.05, 3.63) is 0 Å². The number of amides is 1. The van der Waals surface area contributed by atoms with Gasteiger partial charge in [0, 0.05) is 58.8 Å². The van der Waals surface area contributed by atoms with Gasteiger partial charge in [0.15, 0.2) is 5.96 Å². The predicted octanol–water partition coefficient (Wildman–Crippen LogP) is 2.12. The molecule has 0 spiro atoms. The number of likely N-dealkylation sites (tertiary alicyclic amines) is 2. The Bertz CT molecular complexity index is 546. The normalized spacial score (nSPS) is 24.7. The van der Waals surface area contributed by atoms with E-state index in [1.165, 1.54) is 32.5 Å². The molecule has 0 bridgehead atoms. The number of rotatable bonds is 5. The van der Waals surface area contributed by atoms with E-state index in [2.05, 4.69) is 34.0 Å². The number of ether oxygens (including phenoxy) is 1. The summed E-state index contributed by atoms with van der Waals surface area (Å²) in [5, 5.41) is 3.63. The van der Waals surface area contributed by atoms with Crippen molar-refractivity contribution in [2.75, 3.05) is 72.6 Å². The molecule has 0 aromatic carbocycles. The number of aliphatic imine (C=N–C) groups is 1. The average Bonchev–Trinajstić information content (AvgIpc) is 2.74. The van der Waals surface area contributed by atoms with Crippen LogP contribution in [0.4, 0.5) is 0 Å². The van der Waals surface area contributed by atoms with Crippen molar-refractivity contribution in [1.82, 2.24) is 20.0 Å². The van der Waals surface area contributed by atoms with E-state index in [0.29, 0.717) is 25.0 Å². The molecule has 30 heavy (non-hydrogen) atoms. The molecule has 0 aromatic heterocycles. The number of carbonyl (C=O) groups is 1. The topological polar surface area (TPSA) is 60.4 Å². The molecular weight excluding hydrogens is 493 g/mol. The van der Waals surface area contributed by atoms with E-state index < -0.39 is 0 Å². The standard InChI is InChI=1S/C22H41N5O2.HI/c1-18(2)16-25-8-4-5-19(17-25)15-24-22(23-3)27-9-6-20(7-10-27)21(28)26-11-13-29-14-12-26;/h18-20H,4-17H2,1-3H3,(H,23,24);1H. The van der Waals surface area contributed by atoms with E-state index in [1.807, 2.05) is 11.9 Å².